The molecule has 6 heterocycles. The van der Waals surface area contributed by atoms with Crippen molar-refractivity contribution < 1.29 is 9.21 Å². The standard InChI is InChI=1S/C30H35N7O2S/c1-35-21-3-2-12-37(18-21)26-15-19(8-11-31-26)27-32-33-28(39-27)23-7-4-20(34-40-22-5-6-22)16-25(23)36-13-9-30(10-14-36)17-24(30)29(35)38/h4,7-8,11,15-16,21-22,24,34H,2-3,5-6,9-10,12-14,17-18H2,1H3. The minimum absolute atomic E-state index is 0.146. The van der Waals surface area contributed by atoms with Crippen LogP contribution in [0.4, 0.5) is 17.2 Å². The van der Waals surface area contributed by atoms with Crippen LogP contribution in [0.5, 0.6) is 0 Å². The van der Waals surface area contributed by atoms with Crippen LogP contribution < -0.4 is 14.5 Å². The lowest BCUT2D eigenvalue weighted by Crippen LogP contribution is -2.49. The number of piperidine rings is 2. The number of fused-ring (bicyclic) bond motifs is 3. The summed E-state index contributed by atoms with van der Waals surface area (Å²) in [7, 11) is 2.02. The van der Waals surface area contributed by atoms with Gasteiger partial charge in [-0.15, -0.1) is 10.2 Å². The summed E-state index contributed by atoms with van der Waals surface area (Å²) in [6.45, 7) is 3.57. The molecule has 6 aliphatic rings. The topological polar surface area (TPSA) is 90.6 Å². The number of aromatic nitrogens is 3. The molecule has 4 aliphatic heterocycles. The number of hydrogen-bond acceptors (Lipinski definition) is 9. The second-order valence-corrected chi connectivity index (χ2v) is 13.4. The van der Waals surface area contributed by atoms with Crippen molar-refractivity contribution in [1.29, 1.82) is 0 Å². The van der Waals surface area contributed by atoms with E-state index in [2.05, 4.69) is 52.8 Å². The van der Waals surface area contributed by atoms with Crippen LogP contribution in [0.25, 0.3) is 22.9 Å². The Kier molecular flexibility index (Phi) is 5.76. The van der Waals surface area contributed by atoms with Crippen molar-refractivity contribution in [2.24, 2.45) is 11.3 Å². The van der Waals surface area contributed by atoms with E-state index in [0.29, 0.717) is 22.9 Å². The molecule has 2 atom stereocenters. The number of nitrogens with zero attached hydrogens (tertiary/aromatic N) is 6. The molecule has 3 aromatic rings. The average molecular weight is 558 g/mol. The quantitative estimate of drug-likeness (QED) is 0.443. The first kappa shape index (κ1) is 24.5. The molecule has 10 heteroatoms. The Morgan fingerprint density at radius 1 is 1.02 bits per heavy atom. The summed E-state index contributed by atoms with van der Waals surface area (Å²) < 4.78 is 9.90. The summed E-state index contributed by atoms with van der Waals surface area (Å²) in [6.07, 6.45) is 9.54. The number of carbonyl (C=O) groups is 1. The number of nitrogens with one attached hydrogen (secondary N) is 1. The predicted octanol–water partition coefficient (Wildman–Crippen LogP) is 5.07. The number of likely N-dealkylation sites (N-methyl/N-ethyl adjacent to an activating group) is 1. The van der Waals surface area contributed by atoms with E-state index in [-0.39, 0.29) is 17.4 Å². The fourth-order valence-electron chi connectivity index (χ4n) is 6.90. The lowest BCUT2D eigenvalue weighted by Gasteiger charge is -2.39. The van der Waals surface area contributed by atoms with Gasteiger partial charge in [-0.05, 0) is 92.6 Å². The van der Waals surface area contributed by atoms with Crippen molar-refractivity contribution in [3.8, 4) is 22.9 Å². The molecule has 9 nitrogen and oxygen atoms in total. The smallest absolute Gasteiger partial charge is 0.250 e. The fourth-order valence-corrected chi connectivity index (χ4v) is 7.70. The van der Waals surface area contributed by atoms with E-state index in [9.17, 15) is 4.79 Å². The highest BCUT2D eigenvalue weighted by Crippen LogP contribution is 2.60. The fraction of sp³-hybridized carbons (Fsp3) is 0.533. The number of carbonyl (C=O) groups excluding carboxylic acids is 1. The molecule has 208 valence electrons. The van der Waals surface area contributed by atoms with Crippen LogP contribution in [-0.4, -0.2) is 70.5 Å². The number of benzene rings is 1. The lowest BCUT2D eigenvalue weighted by atomic mass is 9.89. The predicted molar refractivity (Wildman–Crippen MR) is 157 cm³/mol. The number of rotatable bonds is 3. The highest BCUT2D eigenvalue weighted by atomic mass is 32.2. The summed E-state index contributed by atoms with van der Waals surface area (Å²) in [6, 6.07) is 10.6. The Balaban J connectivity index is 1.19. The van der Waals surface area contributed by atoms with Crippen molar-refractivity contribution >= 4 is 35.0 Å². The van der Waals surface area contributed by atoms with Gasteiger partial charge in [0.1, 0.15) is 5.82 Å². The molecule has 1 aromatic carbocycles. The van der Waals surface area contributed by atoms with Gasteiger partial charge in [0.05, 0.1) is 11.3 Å². The van der Waals surface area contributed by atoms with Gasteiger partial charge in [0.15, 0.2) is 0 Å². The summed E-state index contributed by atoms with van der Waals surface area (Å²) in [5, 5.41) is 9.69. The van der Waals surface area contributed by atoms with Crippen molar-refractivity contribution in [2.75, 3.05) is 47.7 Å². The average Bonchev–Trinajstić information content (AvgIpc) is 3.91. The molecule has 0 radical (unpaired) electrons. The van der Waals surface area contributed by atoms with Gasteiger partial charge in [0, 0.05) is 67.9 Å². The summed E-state index contributed by atoms with van der Waals surface area (Å²) in [5.41, 5.74) is 4.17. The first-order chi connectivity index (χ1) is 19.6. The number of pyridine rings is 1. The van der Waals surface area contributed by atoms with E-state index in [1.165, 1.54) is 12.8 Å². The molecule has 9 rings (SSSR count). The molecule has 1 amide bonds. The number of hydrogen-bond donors (Lipinski definition) is 1. The minimum Gasteiger partial charge on any atom is -0.416 e. The maximum atomic E-state index is 13.7. The van der Waals surface area contributed by atoms with Crippen molar-refractivity contribution in [1.82, 2.24) is 20.1 Å². The van der Waals surface area contributed by atoms with Crippen LogP contribution in [0, 0.1) is 11.3 Å². The zero-order valence-corrected chi connectivity index (χ0v) is 23.7. The van der Waals surface area contributed by atoms with Crippen LogP contribution in [0.3, 0.4) is 0 Å². The Hall–Kier alpha value is -3.27. The van der Waals surface area contributed by atoms with Crippen molar-refractivity contribution in [3.05, 3.63) is 36.5 Å². The van der Waals surface area contributed by atoms with E-state index < -0.39 is 0 Å². The van der Waals surface area contributed by atoms with Gasteiger partial charge in [0.25, 0.3) is 0 Å². The Morgan fingerprint density at radius 2 is 1.88 bits per heavy atom. The normalized spacial score (nSPS) is 27.5. The Labute approximate surface area is 238 Å². The zero-order valence-electron chi connectivity index (χ0n) is 22.9. The monoisotopic (exact) mass is 557 g/mol. The van der Waals surface area contributed by atoms with Crippen LogP contribution in [0.2, 0.25) is 0 Å². The van der Waals surface area contributed by atoms with Crippen LogP contribution >= 0.6 is 11.9 Å². The molecule has 2 aromatic heterocycles. The molecule has 4 fully saturated rings. The third kappa shape index (κ3) is 4.31. The molecule has 8 bridgehead atoms. The van der Waals surface area contributed by atoms with Gasteiger partial charge in [-0.3, -0.25) is 4.79 Å². The van der Waals surface area contributed by atoms with Gasteiger partial charge in [-0.2, -0.15) is 0 Å². The largest absolute Gasteiger partial charge is 0.416 e. The molecule has 2 saturated heterocycles. The van der Waals surface area contributed by atoms with Crippen LogP contribution in [0.15, 0.2) is 40.9 Å². The highest BCUT2D eigenvalue weighted by molar-refractivity contribution is 8.01. The molecule has 2 saturated carbocycles. The van der Waals surface area contributed by atoms with Gasteiger partial charge >= 0.3 is 0 Å². The third-order valence-electron chi connectivity index (χ3n) is 9.72. The molecule has 1 spiro atoms. The number of amides is 1. The number of anilines is 3. The van der Waals surface area contributed by atoms with Gasteiger partial charge in [-0.1, -0.05) is 0 Å². The maximum absolute atomic E-state index is 13.7. The maximum Gasteiger partial charge on any atom is 0.250 e. The molecule has 40 heavy (non-hydrogen) atoms. The SMILES string of the molecule is CN1C(=O)C2CC23CCN(CC3)c2cc(NSC3CC3)ccc2-c2nnc(o2)-c2ccnc(c2)N2CCCC1C2. The van der Waals surface area contributed by atoms with Gasteiger partial charge in [-0.25, -0.2) is 4.98 Å². The Morgan fingerprint density at radius 3 is 2.73 bits per heavy atom. The van der Waals surface area contributed by atoms with E-state index in [1.54, 1.807) is 0 Å². The third-order valence-corrected chi connectivity index (χ3v) is 10.9. The van der Waals surface area contributed by atoms with Crippen molar-refractivity contribution in [3.63, 3.8) is 0 Å². The molecule has 2 unspecified atom stereocenters. The van der Waals surface area contributed by atoms with Crippen LogP contribution in [0.1, 0.15) is 44.9 Å². The van der Waals surface area contributed by atoms with Crippen molar-refractivity contribution in [2.45, 2.75) is 56.2 Å². The van der Waals surface area contributed by atoms with Crippen LogP contribution in [-0.2, 0) is 4.79 Å². The second-order valence-electron chi connectivity index (χ2n) is 12.3. The van der Waals surface area contributed by atoms with E-state index >= 15 is 0 Å². The molecule has 2 aliphatic carbocycles. The Bertz CT molecular complexity index is 1450. The first-order valence-corrected chi connectivity index (χ1v) is 15.6. The second kappa shape index (κ2) is 9.39. The van der Waals surface area contributed by atoms with E-state index in [4.69, 9.17) is 4.42 Å². The summed E-state index contributed by atoms with van der Waals surface area (Å²) >= 11 is 1.81. The minimum atomic E-state index is 0.146. The highest BCUT2D eigenvalue weighted by Gasteiger charge is 2.59. The van der Waals surface area contributed by atoms with Gasteiger partial charge in [0.2, 0.25) is 17.7 Å². The zero-order chi connectivity index (χ0) is 26.8. The molecule has 1 N–H and O–H groups in total. The van der Waals surface area contributed by atoms with E-state index in [1.807, 2.05) is 37.3 Å². The summed E-state index contributed by atoms with van der Waals surface area (Å²) in [5.74, 6) is 2.40. The molecular formula is C30H35N7O2S. The first-order valence-electron chi connectivity index (χ1n) is 14.7. The van der Waals surface area contributed by atoms with Gasteiger partial charge < -0.3 is 23.8 Å². The summed E-state index contributed by atoms with van der Waals surface area (Å²) in [4.78, 5) is 25.2. The molecular weight excluding hydrogens is 522 g/mol. The van der Waals surface area contributed by atoms with E-state index in [0.717, 1.165) is 86.6 Å². The lowest BCUT2D eigenvalue weighted by molar-refractivity contribution is -0.134.